The number of aromatic nitrogens is 2. The van der Waals surface area contributed by atoms with Crippen molar-refractivity contribution in [2.45, 2.75) is 19.9 Å². The Hall–Kier alpha value is -2.05. The number of nitrogens with zero attached hydrogens (tertiary/aromatic N) is 3. The first-order chi connectivity index (χ1) is 9.52. The molecule has 0 aliphatic carbocycles. The highest BCUT2D eigenvalue weighted by Crippen LogP contribution is 2.15. The molecule has 0 radical (unpaired) electrons. The summed E-state index contributed by atoms with van der Waals surface area (Å²) in [6.45, 7) is 3.92. The number of aryl methyl sites for hydroxylation is 1. The quantitative estimate of drug-likeness (QED) is 0.822. The second kappa shape index (κ2) is 5.94. The lowest BCUT2D eigenvalue weighted by atomic mass is 10.1. The molecule has 0 saturated carbocycles. The summed E-state index contributed by atoms with van der Waals surface area (Å²) < 4.78 is 1.95. The molecule has 2 rings (SSSR count). The third-order valence-electron chi connectivity index (χ3n) is 3.44. The molecule has 1 unspecified atom stereocenters. The number of anilines is 1. The Morgan fingerprint density at radius 3 is 3.00 bits per heavy atom. The highest BCUT2D eigenvalue weighted by atomic mass is 16.2. The fraction of sp³-hybridized carbons (Fsp3) is 0.615. The van der Waals surface area contributed by atoms with Gasteiger partial charge in [0.15, 0.2) is 0 Å². The molecule has 1 aliphatic rings. The molecule has 1 atom stereocenters. The van der Waals surface area contributed by atoms with E-state index in [1.165, 1.54) is 4.90 Å². The van der Waals surface area contributed by atoms with Crippen LogP contribution >= 0.6 is 0 Å². The minimum atomic E-state index is -0.246. The number of nitrogens with one attached hydrogen (secondary N) is 2. The van der Waals surface area contributed by atoms with E-state index in [2.05, 4.69) is 15.6 Å². The lowest BCUT2D eigenvalue weighted by Crippen LogP contribution is -2.37. The number of hydrogen-bond acceptors (Lipinski definition) is 4. The van der Waals surface area contributed by atoms with Gasteiger partial charge in [-0.1, -0.05) is 6.92 Å². The van der Waals surface area contributed by atoms with Crippen LogP contribution in [-0.2, 0) is 11.3 Å². The largest absolute Gasteiger partial charge is 0.359 e. The molecule has 0 saturated heterocycles. The van der Waals surface area contributed by atoms with Crippen LogP contribution in [0.2, 0.25) is 0 Å². The molecule has 0 bridgehead atoms. The Labute approximate surface area is 118 Å². The fourth-order valence-electron chi connectivity index (χ4n) is 2.30. The predicted octanol–water partition coefficient (Wildman–Crippen LogP) is 0.153. The summed E-state index contributed by atoms with van der Waals surface area (Å²) in [6.07, 6.45) is 2.80. The van der Waals surface area contributed by atoms with Gasteiger partial charge in [0.2, 0.25) is 11.9 Å². The van der Waals surface area contributed by atoms with Crippen LogP contribution in [0.15, 0.2) is 6.20 Å². The average Bonchev–Trinajstić information content (AvgIpc) is 2.89. The van der Waals surface area contributed by atoms with Crippen LogP contribution in [0.3, 0.4) is 0 Å². The third-order valence-corrected chi connectivity index (χ3v) is 3.44. The van der Waals surface area contributed by atoms with Crippen molar-refractivity contribution in [2.24, 2.45) is 5.92 Å². The van der Waals surface area contributed by atoms with Crippen LogP contribution < -0.4 is 10.6 Å². The van der Waals surface area contributed by atoms with Gasteiger partial charge in [-0.05, 0) is 6.42 Å². The van der Waals surface area contributed by atoms with Crippen molar-refractivity contribution in [1.82, 2.24) is 19.8 Å². The first-order valence-electron chi connectivity index (χ1n) is 6.81. The lowest BCUT2D eigenvalue weighted by molar-refractivity contribution is -0.124. The molecular formula is C13H21N5O2. The summed E-state index contributed by atoms with van der Waals surface area (Å²) >= 11 is 0. The van der Waals surface area contributed by atoms with Gasteiger partial charge >= 0.3 is 0 Å². The number of rotatable bonds is 4. The summed E-state index contributed by atoms with van der Waals surface area (Å²) in [5.74, 6) is 0.261. The van der Waals surface area contributed by atoms with Gasteiger partial charge in [-0.25, -0.2) is 4.98 Å². The van der Waals surface area contributed by atoms with Crippen molar-refractivity contribution in [2.75, 3.05) is 32.5 Å². The van der Waals surface area contributed by atoms with E-state index in [9.17, 15) is 9.59 Å². The Balaban J connectivity index is 2.03. The Morgan fingerprint density at radius 1 is 1.60 bits per heavy atom. The molecule has 1 aromatic rings. The number of hydrogen-bond donors (Lipinski definition) is 2. The van der Waals surface area contributed by atoms with Gasteiger partial charge in [0, 0.05) is 39.9 Å². The van der Waals surface area contributed by atoms with Crippen molar-refractivity contribution in [3.8, 4) is 0 Å². The van der Waals surface area contributed by atoms with E-state index in [0.29, 0.717) is 12.2 Å². The molecule has 2 amide bonds. The van der Waals surface area contributed by atoms with E-state index < -0.39 is 0 Å². The number of carbonyl (C=O) groups is 2. The smallest absolute Gasteiger partial charge is 0.273 e. The molecule has 20 heavy (non-hydrogen) atoms. The molecule has 1 aromatic heterocycles. The summed E-state index contributed by atoms with van der Waals surface area (Å²) in [6, 6.07) is 0. The fourth-order valence-corrected chi connectivity index (χ4v) is 2.30. The van der Waals surface area contributed by atoms with Gasteiger partial charge < -0.3 is 20.1 Å². The Morgan fingerprint density at radius 2 is 2.35 bits per heavy atom. The van der Waals surface area contributed by atoms with Gasteiger partial charge in [-0.3, -0.25) is 9.59 Å². The molecule has 2 N–H and O–H groups in total. The van der Waals surface area contributed by atoms with E-state index in [1.807, 2.05) is 4.57 Å². The van der Waals surface area contributed by atoms with E-state index >= 15 is 0 Å². The van der Waals surface area contributed by atoms with Gasteiger partial charge in [0.25, 0.3) is 5.91 Å². The maximum atomic E-state index is 12.3. The normalized spacial score (nSPS) is 14.9. The molecule has 7 nitrogen and oxygen atoms in total. The van der Waals surface area contributed by atoms with Crippen molar-refractivity contribution >= 4 is 17.8 Å². The maximum absolute atomic E-state index is 12.3. The highest BCUT2D eigenvalue weighted by molar-refractivity contribution is 5.92. The van der Waals surface area contributed by atoms with Crippen molar-refractivity contribution in [3.63, 3.8) is 0 Å². The molecule has 0 fully saturated rings. The minimum absolute atomic E-state index is 0.0737. The Kier molecular flexibility index (Phi) is 4.26. The third kappa shape index (κ3) is 2.92. The number of fused-ring (bicyclic) bond motifs is 1. The van der Waals surface area contributed by atoms with Gasteiger partial charge in [-0.2, -0.15) is 0 Å². The molecule has 1 aliphatic heterocycles. The van der Waals surface area contributed by atoms with Crippen LogP contribution in [-0.4, -0.2) is 53.5 Å². The zero-order valence-corrected chi connectivity index (χ0v) is 12.1. The van der Waals surface area contributed by atoms with Crippen LogP contribution in [0, 0.1) is 5.92 Å². The standard InChI is InChI=1S/C13H21N5O2/c1-9(11(19)14-2)7-17(3)12(20)10-8-18-6-4-5-15-13(18)16-10/h8-9H,4-7H2,1-3H3,(H,14,19)(H,15,16). The molecule has 0 spiro atoms. The van der Waals surface area contributed by atoms with Crippen molar-refractivity contribution in [3.05, 3.63) is 11.9 Å². The lowest BCUT2D eigenvalue weighted by Gasteiger charge is -2.19. The first kappa shape index (κ1) is 14.4. The topological polar surface area (TPSA) is 79.3 Å². The molecule has 0 aromatic carbocycles. The Bertz CT molecular complexity index is 487. The van der Waals surface area contributed by atoms with Crippen LogP contribution in [0.4, 0.5) is 5.95 Å². The summed E-state index contributed by atoms with van der Waals surface area (Å²) in [5, 5.41) is 5.74. The average molecular weight is 279 g/mol. The highest BCUT2D eigenvalue weighted by Gasteiger charge is 2.22. The van der Waals surface area contributed by atoms with Gasteiger partial charge in [-0.15, -0.1) is 0 Å². The van der Waals surface area contributed by atoms with Gasteiger partial charge in [0.1, 0.15) is 5.69 Å². The minimum Gasteiger partial charge on any atom is -0.359 e. The van der Waals surface area contributed by atoms with E-state index in [-0.39, 0.29) is 17.7 Å². The molecule has 2 heterocycles. The van der Waals surface area contributed by atoms with E-state index in [4.69, 9.17) is 0 Å². The second-order valence-electron chi connectivity index (χ2n) is 5.12. The van der Waals surface area contributed by atoms with E-state index in [1.54, 1.807) is 27.2 Å². The van der Waals surface area contributed by atoms with Crippen LogP contribution in [0.1, 0.15) is 23.8 Å². The van der Waals surface area contributed by atoms with Crippen molar-refractivity contribution < 1.29 is 9.59 Å². The number of amides is 2. The summed E-state index contributed by atoms with van der Waals surface area (Å²) in [7, 11) is 3.28. The SMILES string of the molecule is CNC(=O)C(C)CN(C)C(=O)c1cn2c(n1)NCCC2. The molecule has 7 heteroatoms. The zero-order valence-electron chi connectivity index (χ0n) is 12.1. The second-order valence-corrected chi connectivity index (χ2v) is 5.12. The predicted molar refractivity (Wildman–Crippen MR) is 75.5 cm³/mol. The van der Waals surface area contributed by atoms with Crippen LogP contribution in [0.5, 0.6) is 0 Å². The number of carbonyl (C=O) groups excluding carboxylic acids is 2. The maximum Gasteiger partial charge on any atom is 0.273 e. The summed E-state index contributed by atoms with van der Waals surface area (Å²) in [4.78, 5) is 29.6. The molecular weight excluding hydrogens is 258 g/mol. The molecule has 110 valence electrons. The summed E-state index contributed by atoms with van der Waals surface area (Å²) in [5.41, 5.74) is 0.418. The van der Waals surface area contributed by atoms with Crippen molar-refractivity contribution in [1.29, 1.82) is 0 Å². The zero-order chi connectivity index (χ0) is 14.7. The monoisotopic (exact) mass is 279 g/mol. The van der Waals surface area contributed by atoms with E-state index in [0.717, 1.165) is 25.5 Å². The van der Waals surface area contributed by atoms with Crippen LogP contribution in [0.25, 0.3) is 0 Å². The number of imidazole rings is 1. The first-order valence-corrected chi connectivity index (χ1v) is 6.81. The van der Waals surface area contributed by atoms with Gasteiger partial charge in [0.05, 0.1) is 5.92 Å².